The lowest BCUT2D eigenvalue weighted by Crippen LogP contribution is -2.24. The summed E-state index contributed by atoms with van der Waals surface area (Å²) in [5.74, 6) is 0.0873. The number of halogens is 1. The zero-order valence-corrected chi connectivity index (χ0v) is 14.8. The smallest absolute Gasteiger partial charge is 0.274 e. The number of nitrogens with zero attached hydrogens (tertiary/aromatic N) is 3. The Kier molecular flexibility index (Phi) is 4.97. The molecule has 0 radical (unpaired) electrons. The van der Waals surface area contributed by atoms with Gasteiger partial charge in [-0.1, -0.05) is 23.4 Å². The number of hydrogen-bond donors (Lipinski definition) is 1. The van der Waals surface area contributed by atoms with Crippen LogP contribution in [0.1, 0.15) is 27.3 Å². The molecular formula is C19H19FN4O2. The summed E-state index contributed by atoms with van der Waals surface area (Å²) in [4.78, 5) is 12.4. The molecule has 2 aromatic carbocycles. The average Bonchev–Trinajstić information content (AvgIpc) is 3.04. The lowest BCUT2D eigenvalue weighted by molar-refractivity contribution is 0.0945. The van der Waals surface area contributed by atoms with Gasteiger partial charge in [-0.25, -0.2) is 9.07 Å². The third-order valence-electron chi connectivity index (χ3n) is 4.12. The topological polar surface area (TPSA) is 69.0 Å². The molecule has 0 bridgehead atoms. The summed E-state index contributed by atoms with van der Waals surface area (Å²) in [6.45, 7) is 3.76. The molecule has 0 fully saturated rings. The maximum Gasteiger partial charge on any atom is 0.274 e. The van der Waals surface area contributed by atoms with Gasteiger partial charge in [0.25, 0.3) is 5.91 Å². The Labute approximate surface area is 150 Å². The van der Waals surface area contributed by atoms with Crippen LogP contribution in [0.3, 0.4) is 0 Å². The van der Waals surface area contributed by atoms with Gasteiger partial charge < -0.3 is 10.1 Å². The number of ether oxygens (including phenoxy) is 1. The highest BCUT2D eigenvalue weighted by molar-refractivity contribution is 5.93. The molecule has 1 amide bonds. The first-order valence-corrected chi connectivity index (χ1v) is 8.09. The van der Waals surface area contributed by atoms with Crippen LogP contribution < -0.4 is 10.1 Å². The van der Waals surface area contributed by atoms with Crippen LogP contribution in [-0.2, 0) is 6.54 Å². The SMILES string of the molecule is COc1ccc(CNC(=O)c2nnn(-c3ccc(C)c(F)c3)c2C)cc1. The van der Waals surface area contributed by atoms with Crippen molar-refractivity contribution in [2.45, 2.75) is 20.4 Å². The molecule has 0 aliphatic rings. The van der Waals surface area contributed by atoms with Crippen molar-refractivity contribution in [3.05, 3.63) is 70.8 Å². The number of methoxy groups -OCH3 is 1. The first-order chi connectivity index (χ1) is 12.5. The summed E-state index contributed by atoms with van der Waals surface area (Å²) in [6, 6.07) is 12.2. The molecule has 0 unspecified atom stereocenters. The fourth-order valence-electron chi connectivity index (χ4n) is 2.51. The van der Waals surface area contributed by atoms with Crippen molar-refractivity contribution in [2.24, 2.45) is 0 Å². The molecule has 7 heteroatoms. The van der Waals surface area contributed by atoms with E-state index in [0.717, 1.165) is 11.3 Å². The molecule has 0 spiro atoms. The van der Waals surface area contributed by atoms with E-state index in [4.69, 9.17) is 4.74 Å². The number of carbonyl (C=O) groups excluding carboxylic acids is 1. The molecular weight excluding hydrogens is 335 g/mol. The van der Waals surface area contributed by atoms with E-state index in [2.05, 4.69) is 15.6 Å². The van der Waals surface area contributed by atoms with Crippen LogP contribution in [0.5, 0.6) is 5.75 Å². The molecule has 6 nitrogen and oxygen atoms in total. The molecule has 1 N–H and O–H groups in total. The third kappa shape index (κ3) is 3.56. The van der Waals surface area contributed by atoms with Crippen LogP contribution in [0, 0.1) is 19.7 Å². The van der Waals surface area contributed by atoms with Crippen LogP contribution in [0.2, 0.25) is 0 Å². The number of hydrogen-bond acceptors (Lipinski definition) is 4. The van der Waals surface area contributed by atoms with Gasteiger partial charge in [0.2, 0.25) is 0 Å². The van der Waals surface area contributed by atoms with Crippen molar-refractivity contribution in [3.8, 4) is 11.4 Å². The van der Waals surface area contributed by atoms with Gasteiger partial charge in [0, 0.05) is 6.54 Å². The van der Waals surface area contributed by atoms with Crippen molar-refractivity contribution in [2.75, 3.05) is 7.11 Å². The second kappa shape index (κ2) is 7.35. The summed E-state index contributed by atoms with van der Waals surface area (Å²) in [5.41, 5.74) is 2.75. The lowest BCUT2D eigenvalue weighted by Gasteiger charge is -2.07. The molecule has 3 rings (SSSR count). The summed E-state index contributed by atoms with van der Waals surface area (Å²) >= 11 is 0. The molecule has 0 aliphatic heterocycles. The monoisotopic (exact) mass is 354 g/mol. The van der Waals surface area contributed by atoms with Crippen molar-refractivity contribution < 1.29 is 13.9 Å². The highest BCUT2D eigenvalue weighted by Crippen LogP contribution is 2.16. The van der Waals surface area contributed by atoms with Crippen molar-refractivity contribution in [1.82, 2.24) is 20.3 Å². The summed E-state index contributed by atoms with van der Waals surface area (Å²) in [7, 11) is 1.60. The first kappa shape index (κ1) is 17.6. The zero-order chi connectivity index (χ0) is 18.7. The quantitative estimate of drug-likeness (QED) is 0.765. The van der Waals surface area contributed by atoms with Gasteiger partial charge in [0.1, 0.15) is 11.6 Å². The van der Waals surface area contributed by atoms with E-state index >= 15 is 0 Å². The Morgan fingerprint density at radius 3 is 2.58 bits per heavy atom. The van der Waals surface area contributed by atoms with Crippen molar-refractivity contribution in [3.63, 3.8) is 0 Å². The summed E-state index contributed by atoms with van der Waals surface area (Å²) in [6.07, 6.45) is 0. The van der Waals surface area contributed by atoms with Crippen LogP contribution in [0.15, 0.2) is 42.5 Å². The fourth-order valence-corrected chi connectivity index (χ4v) is 2.51. The number of aryl methyl sites for hydroxylation is 1. The van der Waals surface area contributed by atoms with Gasteiger partial charge in [0.15, 0.2) is 5.69 Å². The second-order valence-corrected chi connectivity index (χ2v) is 5.90. The zero-order valence-electron chi connectivity index (χ0n) is 14.8. The number of amides is 1. The van der Waals surface area contributed by atoms with Crippen molar-refractivity contribution in [1.29, 1.82) is 0 Å². The highest BCUT2D eigenvalue weighted by Gasteiger charge is 2.17. The molecule has 3 aromatic rings. The minimum Gasteiger partial charge on any atom is -0.497 e. The Balaban J connectivity index is 1.73. The molecule has 0 atom stereocenters. The fraction of sp³-hybridized carbons (Fsp3) is 0.211. The molecule has 0 aliphatic carbocycles. The maximum atomic E-state index is 13.8. The van der Waals surface area contributed by atoms with Gasteiger partial charge >= 0.3 is 0 Å². The molecule has 26 heavy (non-hydrogen) atoms. The Morgan fingerprint density at radius 2 is 1.92 bits per heavy atom. The number of nitrogens with one attached hydrogen (secondary N) is 1. The van der Waals surface area contributed by atoms with Crippen LogP contribution in [0.25, 0.3) is 5.69 Å². The highest BCUT2D eigenvalue weighted by atomic mass is 19.1. The van der Waals surface area contributed by atoms with E-state index in [1.807, 2.05) is 24.3 Å². The Morgan fingerprint density at radius 1 is 1.19 bits per heavy atom. The van der Waals surface area contributed by atoms with Gasteiger partial charge in [-0.2, -0.15) is 0 Å². The predicted octanol–water partition coefficient (Wildman–Crippen LogP) is 2.96. The van der Waals surface area contributed by atoms with Gasteiger partial charge in [-0.05, 0) is 49.2 Å². The average molecular weight is 354 g/mol. The largest absolute Gasteiger partial charge is 0.497 e. The predicted molar refractivity (Wildman–Crippen MR) is 95.0 cm³/mol. The molecule has 134 valence electrons. The van der Waals surface area contributed by atoms with Gasteiger partial charge in [-0.15, -0.1) is 5.10 Å². The van der Waals surface area contributed by atoms with E-state index in [0.29, 0.717) is 23.5 Å². The number of aromatic nitrogens is 3. The number of rotatable bonds is 5. The first-order valence-electron chi connectivity index (χ1n) is 8.09. The number of benzene rings is 2. The van der Waals surface area contributed by atoms with E-state index in [9.17, 15) is 9.18 Å². The molecule has 1 aromatic heterocycles. The normalized spacial score (nSPS) is 10.6. The minimum atomic E-state index is -0.336. The minimum absolute atomic E-state index is 0.208. The van der Waals surface area contributed by atoms with E-state index < -0.39 is 0 Å². The van der Waals surface area contributed by atoms with E-state index in [-0.39, 0.29) is 17.4 Å². The van der Waals surface area contributed by atoms with Gasteiger partial charge in [-0.3, -0.25) is 4.79 Å². The van der Waals surface area contributed by atoms with Crippen molar-refractivity contribution >= 4 is 5.91 Å². The van der Waals surface area contributed by atoms with E-state index in [1.165, 1.54) is 10.7 Å². The molecule has 0 saturated carbocycles. The lowest BCUT2D eigenvalue weighted by atomic mass is 10.2. The summed E-state index contributed by atoms with van der Waals surface area (Å²) < 4.78 is 20.3. The Hall–Kier alpha value is -3.22. The van der Waals surface area contributed by atoms with E-state index in [1.54, 1.807) is 33.1 Å². The van der Waals surface area contributed by atoms with Crippen LogP contribution >= 0.6 is 0 Å². The third-order valence-corrected chi connectivity index (χ3v) is 4.12. The molecule has 1 heterocycles. The number of carbonyl (C=O) groups is 1. The van der Waals surface area contributed by atoms with Gasteiger partial charge in [0.05, 0.1) is 18.5 Å². The Bertz CT molecular complexity index is 935. The standard InChI is InChI=1S/C19H19FN4O2/c1-12-4-7-15(10-17(12)20)24-13(2)18(22-23-24)19(25)21-11-14-5-8-16(26-3)9-6-14/h4-10H,11H2,1-3H3,(H,21,25). The van der Waals surface area contributed by atoms with Crippen LogP contribution in [0.4, 0.5) is 4.39 Å². The second-order valence-electron chi connectivity index (χ2n) is 5.90. The molecule has 0 saturated heterocycles. The van der Waals surface area contributed by atoms with Crippen LogP contribution in [-0.4, -0.2) is 28.0 Å². The summed E-state index contributed by atoms with van der Waals surface area (Å²) in [5, 5.41) is 10.7. The maximum absolute atomic E-state index is 13.8.